The van der Waals surface area contributed by atoms with Gasteiger partial charge in [-0.05, 0) is 37.8 Å². The molecule has 2 heterocycles. The van der Waals surface area contributed by atoms with Crippen LogP contribution in [0, 0.1) is 0 Å². The number of piperidine rings is 1. The number of sulfone groups is 1. The van der Waals surface area contributed by atoms with E-state index in [9.17, 15) is 13.2 Å². The van der Waals surface area contributed by atoms with Crippen molar-refractivity contribution in [2.24, 2.45) is 0 Å². The highest BCUT2D eigenvalue weighted by molar-refractivity contribution is 8.00. The summed E-state index contributed by atoms with van der Waals surface area (Å²) in [4.78, 5) is 14.1. The Labute approximate surface area is 148 Å². The van der Waals surface area contributed by atoms with E-state index in [1.807, 2.05) is 4.90 Å². The molecule has 0 bridgehead atoms. The summed E-state index contributed by atoms with van der Waals surface area (Å²) in [5, 5.41) is 0.272. The highest BCUT2D eigenvalue weighted by atomic mass is 32.2. The maximum atomic E-state index is 12.5. The van der Waals surface area contributed by atoms with E-state index < -0.39 is 9.84 Å². The number of amides is 1. The Hall–Kier alpha value is -0.950. The number of carbonyl (C=O) groups is 1. The molecule has 24 heavy (non-hydrogen) atoms. The summed E-state index contributed by atoms with van der Waals surface area (Å²) in [5.74, 6) is 1.14. The second kappa shape index (κ2) is 7.95. The lowest BCUT2D eigenvalue weighted by Crippen LogP contribution is -2.43. The minimum absolute atomic E-state index is 0.0455. The second-order valence-electron chi connectivity index (χ2n) is 6.68. The summed E-state index contributed by atoms with van der Waals surface area (Å²) in [7, 11) is -3.22. The minimum atomic E-state index is -3.22. The molecule has 134 valence electrons. The molecule has 0 atom stereocenters. The van der Waals surface area contributed by atoms with E-state index in [1.165, 1.54) is 31.9 Å². The van der Waals surface area contributed by atoms with Crippen molar-refractivity contribution in [3.8, 4) is 0 Å². The third-order valence-corrected chi connectivity index (χ3v) is 8.50. The highest BCUT2D eigenvalue weighted by Crippen LogP contribution is 2.30. The third kappa shape index (κ3) is 4.57. The molecular weight excluding hydrogens is 346 g/mol. The highest BCUT2D eigenvalue weighted by Gasteiger charge is 2.32. The van der Waals surface area contributed by atoms with Gasteiger partial charge in [-0.1, -0.05) is 12.8 Å². The molecule has 1 aromatic rings. The van der Waals surface area contributed by atoms with E-state index in [4.69, 9.17) is 4.42 Å². The van der Waals surface area contributed by atoms with Gasteiger partial charge >= 0.3 is 0 Å². The summed E-state index contributed by atoms with van der Waals surface area (Å²) < 4.78 is 30.1. The number of furan rings is 1. The molecule has 0 unspecified atom stereocenters. The first-order valence-electron chi connectivity index (χ1n) is 8.68. The fourth-order valence-electron chi connectivity index (χ4n) is 3.51. The zero-order valence-electron chi connectivity index (χ0n) is 13.9. The lowest BCUT2D eigenvalue weighted by atomic mass is 10.1. The van der Waals surface area contributed by atoms with Gasteiger partial charge in [-0.15, -0.1) is 11.8 Å². The number of hydrogen-bond donors (Lipinski definition) is 0. The molecule has 1 saturated carbocycles. The number of likely N-dealkylation sites (tertiary alicyclic amines) is 1. The first kappa shape index (κ1) is 17.9. The maximum Gasteiger partial charge on any atom is 0.232 e. The van der Waals surface area contributed by atoms with Gasteiger partial charge < -0.3 is 9.32 Å². The zero-order valence-corrected chi connectivity index (χ0v) is 15.5. The van der Waals surface area contributed by atoms with Gasteiger partial charge in [0.15, 0.2) is 9.84 Å². The number of carbonyl (C=O) groups excluding carboxylic acids is 1. The van der Waals surface area contributed by atoms with E-state index in [0.29, 0.717) is 42.7 Å². The van der Waals surface area contributed by atoms with Crippen LogP contribution in [-0.4, -0.2) is 48.6 Å². The monoisotopic (exact) mass is 371 g/mol. The molecule has 3 rings (SSSR count). The van der Waals surface area contributed by atoms with Gasteiger partial charge in [-0.25, -0.2) is 8.42 Å². The molecule has 0 spiro atoms. The lowest BCUT2D eigenvalue weighted by molar-refractivity contribution is -0.129. The van der Waals surface area contributed by atoms with Crippen LogP contribution < -0.4 is 0 Å². The molecule has 1 aliphatic heterocycles. The van der Waals surface area contributed by atoms with Crippen molar-refractivity contribution < 1.29 is 17.6 Å². The SMILES string of the molecule is O=C(CSC1CCCC1)N1CCC(S(=O)(=O)Cc2ccco2)CC1. The molecule has 2 aliphatic rings. The first-order chi connectivity index (χ1) is 11.5. The van der Waals surface area contributed by atoms with Crippen molar-refractivity contribution in [1.29, 1.82) is 0 Å². The van der Waals surface area contributed by atoms with E-state index in [1.54, 1.807) is 23.9 Å². The molecule has 5 nitrogen and oxygen atoms in total. The topological polar surface area (TPSA) is 67.6 Å². The molecule has 0 N–H and O–H groups in total. The Kier molecular flexibility index (Phi) is 5.92. The van der Waals surface area contributed by atoms with Gasteiger partial charge in [0.05, 0.1) is 17.3 Å². The van der Waals surface area contributed by atoms with Crippen LogP contribution in [0.5, 0.6) is 0 Å². The van der Waals surface area contributed by atoms with Gasteiger partial charge in [0.2, 0.25) is 5.91 Å². The molecule has 0 aromatic carbocycles. The Balaban J connectivity index is 1.45. The van der Waals surface area contributed by atoms with Crippen LogP contribution in [0.3, 0.4) is 0 Å². The van der Waals surface area contributed by atoms with Crippen molar-refractivity contribution >= 4 is 27.5 Å². The van der Waals surface area contributed by atoms with Crippen molar-refractivity contribution in [3.63, 3.8) is 0 Å². The predicted octanol–water partition coefficient (Wildman–Crippen LogP) is 2.86. The molecular formula is C17H25NO4S2. The van der Waals surface area contributed by atoms with Crippen LogP contribution >= 0.6 is 11.8 Å². The van der Waals surface area contributed by atoms with Gasteiger partial charge in [0.1, 0.15) is 11.5 Å². The summed E-state index contributed by atoms with van der Waals surface area (Å²) in [6.07, 6.45) is 7.57. The number of rotatable bonds is 6. The normalized spacial score (nSPS) is 20.6. The molecule has 2 fully saturated rings. The van der Waals surface area contributed by atoms with Crippen molar-refractivity contribution in [3.05, 3.63) is 24.2 Å². The van der Waals surface area contributed by atoms with Crippen LogP contribution in [-0.2, 0) is 20.4 Å². The summed E-state index contributed by atoms with van der Waals surface area (Å²) >= 11 is 1.77. The Morgan fingerprint density at radius 3 is 2.54 bits per heavy atom. The van der Waals surface area contributed by atoms with Crippen LogP contribution in [0.15, 0.2) is 22.8 Å². The number of nitrogens with zero attached hydrogens (tertiary/aromatic N) is 1. The van der Waals surface area contributed by atoms with Crippen LogP contribution in [0.1, 0.15) is 44.3 Å². The molecule has 1 saturated heterocycles. The summed E-state index contributed by atoms with van der Waals surface area (Å²) in [6, 6.07) is 3.39. The second-order valence-corrected chi connectivity index (χ2v) is 10.3. The fraction of sp³-hybridized carbons (Fsp3) is 0.706. The molecule has 1 amide bonds. The maximum absolute atomic E-state index is 12.5. The molecule has 1 aromatic heterocycles. The first-order valence-corrected chi connectivity index (χ1v) is 11.4. The average Bonchev–Trinajstić information content (AvgIpc) is 3.26. The fourth-order valence-corrected chi connectivity index (χ4v) is 6.46. The summed E-state index contributed by atoms with van der Waals surface area (Å²) in [6.45, 7) is 1.10. The van der Waals surface area contributed by atoms with E-state index >= 15 is 0 Å². The van der Waals surface area contributed by atoms with Crippen LogP contribution in [0.25, 0.3) is 0 Å². The van der Waals surface area contributed by atoms with Gasteiger partial charge in [0, 0.05) is 18.3 Å². The van der Waals surface area contributed by atoms with E-state index in [0.717, 1.165) is 0 Å². The van der Waals surface area contributed by atoms with Crippen molar-refractivity contribution in [2.45, 2.75) is 54.8 Å². The lowest BCUT2D eigenvalue weighted by Gasteiger charge is -2.31. The van der Waals surface area contributed by atoms with Gasteiger partial charge in [-0.3, -0.25) is 4.79 Å². The Morgan fingerprint density at radius 2 is 1.92 bits per heavy atom. The minimum Gasteiger partial charge on any atom is -0.468 e. The van der Waals surface area contributed by atoms with E-state index in [2.05, 4.69) is 0 Å². The van der Waals surface area contributed by atoms with Gasteiger partial charge in [0.25, 0.3) is 0 Å². The third-order valence-electron chi connectivity index (χ3n) is 4.97. The largest absolute Gasteiger partial charge is 0.468 e. The average molecular weight is 372 g/mol. The van der Waals surface area contributed by atoms with Crippen LogP contribution in [0.4, 0.5) is 0 Å². The molecule has 1 aliphatic carbocycles. The van der Waals surface area contributed by atoms with Crippen molar-refractivity contribution in [1.82, 2.24) is 4.90 Å². The Morgan fingerprint density at radius 1 is 1.21 bits per heavy atom. The summed E-state index contributed by atoms with van der Waals surface area (Å²) in [5.41, 5.74) is 0. The predicted molar refractivity (Wildman–Crippen MR) is 95.6 cm³/mol. The van der Waals surface area contributed by atoms with Gasteiger partial charge in [-0.2, -0.15) is 0 Å². The standard InChI is InChI=1S/C17H25NO4S2/c19-17(12-23-15-5-1-2-6-15)18-9-7-16(8-10-18)24(20,21)13-14-4-3-11-22-14/h3-4,11,15-16H,1-2,5-10,12-13H2. The molecule has 0 radical (unpaired) electrons. The quantitative estimate of drug-likeness (QED) is 0.769. The Bertz CT molecular complexity index is 628. The van der Waals surface area contributed by atoms with Crippen molar-refractivity contribution in [2.75, 3.05) is 18.8 Å². The zero-order chi connectivity index (χ0) is 17.0. The smallest absolute Gasteiger partial charge is 0.232 e. The van der Waals surface area contributed by atoms with E-state index in [-0.39, 0.29) is 16.9 Å². The van der Waals surface area contributed by atoms with Crippen LogP contribution in [0.2, 0.25) is 0 Å². The molecule has 7 heteroatoms. The number of thioether (sulfide) groups is 1. The number of hydrogen-bond acceptors (Lipinski definition) is 5.